The highest BCUT2D eigenvalue weighted by Gasteiger charge is 2.56. The van der Waals surface area contributed by atoms with Crippen LogP contribution < -0.4 is 10.1 Å². The van der Waals surface area contributed by atoms with Gasteiger partial charge < -0.3 is 34.5 Å². The van der Waals surface area contributed by atoms with Gasteiger partial charge in [-0.05, 0) is 94.2 Å². The van der Waals surface area contributed by atoms with Crippen molar-refractivity contribution in [2.45, 2.75) is 131 Å². The molecule has 306 valence electrons. The molecule has 0 aromatic heterocycles. The third kappa shape index (κ3) is 10.9. The van der Waals surface area contributed by atoms with Crippen LogP contribution in [0.25, 0.3) is 0 Å². The van der Waals surface area contributed by atoms with E-state index in [1.54, 1.807) is 24.3 Å². The first-order valence-corrected chi connectivity index (χ1v) is 20.2. The first-order chi connectivity index (χ1) is 25.4. The lowest BCUT2D eigenvalue weighted by Crippen LogP contribution is -2.59. The summed E-state index contributed by atoms with van der Waals surface area (Å²) in [7, 11) is 0. The van der Waals surface area contributed by atoms with Crippen molar-refractivity contribution < 1.29 is 54.2 Å². The minimum Gasteiger partial charge on any atom is -0.465 e. The van der Waals surface area contributed by atoms with Crippen molar-refractivity contribution in [1.82, 2.24) is 5.32 Å². The molecule has 2 aliphatic carbocycles. The molecule has 1 aromatic carbocycles. The van der Waals surface area contributed by atoms with Gasteiger partial charge in [0.15, 0.2) is 12.6 Å². The van der Waals surface area contributed by atoms with Gasteiger partial charge >= 0.3 is 0 Å². The normalized spacial score (nSPS) is 31.4. The Kier molecular flexibility index (Phi) is 18.9. The van der Waals surface area contributed by atoms with E-state index in [1.807, 2.05) is 27.7 Å². The molecule has 0 bridgehead atoms. The highest BCUT2D eigenvalue weighted by atomic mass is 17.1. The maximum Gasteiger partial charge on any atom is 0.251 e. The van der Waals surface area contributed by atoms with Gasteiger partial charge in [-0.2, -0.15) is 0 Å². The fraction of sp³-hybridized carbons (Fsp3) is 0.829. The quantitative estimate of drug-likeness (QED) is 0.0333. The summed E-state index contributed by atoms with van der Waals surface area (Å²) >= 11 is 0. The summed E-state index contributed by atoms with van der Waals surface area (Å²) in [5.41, 5.74) is -1.59. The van der Waals surface area contributed by atoms with Crippen LogP contribution in [-0.2, 0) is 24.0 Å². The van der Waals surface area contributed by atoms with E-state index in [0.29, 0.717) is 36.4 Å². The van der Waals surface area contributed by atoms with Crippen molar-refractivity contribution in [2.75, 3.05) is 39.6 Å². The summed E-state index contributed by atoms with van der Waals surface area (Å²) in [5.74, 6) is -0.467. The first-order valence-electron chi connectivity index (χ1n) is 20.2. The molecule has 1 amide bonds. The number of aliphatic hydroxyl groups is 2. The molecule has 6 unspecified atom stereocenters. The average Bonchev–Trinajstić information content (AvgIpc) is 3.16. The van der Waals surface area contributed by atoms with Crippen LogP contribution in [0.3, 0.4) is 0 Å². The predicted octanol–water partition coefficient (Wildman–Crippen LogP) is 7.18. The Morgan fingerprint density at radius 2 is 1.32 bits per heavy atom. The summed E-state index contributed by atoms with van der Waals surface area (Å²) in [6.45, 7) is 17.9. The molecular formula is C41H71NO11. The average molecular weight is 754 g/mol. The molecule has 12 atom stereocenters. The van der Waals surface area contributed by atoms with Crippen LogP contribution in [0, 0.1) is 47.3 Å². The van der Waals surface area contributed by atoms with Crippen LogP contribution in [0.1, 0.15) is 117 Å². The Morgan fingerprint density at radius 1 is 0.811 bits per heavy atom. The molecule has 0 spiro atoms. The Balaban J connectivity index is 1.60. The second-order valence-corrected chi connectivity index (χ2v) is 15.8. The van der Waals surface area contributed by atoms with Crippen molar-refractivity contribution in [2.24, 2.45) is 47.3 Å². The molecule has 3 rings (SSSR count). The molecule has 2 fully saturated rings. The summed E-state index contributed by atoms with van der Waals surface area (Å²) in [5, 5.41) is 46.0. The second-order valence-electron chi connectivity index (χ2n) is 15.8. The van der Waals surface area contributed by atoms with Gasteiger partial charge in [-0.1, -0.05) is 60.5 Å². The number of ether oxygens (including phenoxy) is 4. The SMILES string of the molecule is CCCC1[C@H](C)CCC([C@@H](C)C(O)OCCNC(=O)c2cccc(OC(O)[C@H](C)C3CC[C@@H](C)C(CCC)[C@@]3(COCC)OO)c2)[C@]1(COCC)OO. The Labute approximate surface area is 318 Å². The summed E-state index contributed by atoms with van der Waals surface area (Å²) < 4.78 is 23.5. The second kappa shape index (κ2) is 22.0. The van der Waals surface area contributed by atoms with Gasteiger partial charge in [0.05, 0.1) is 19.8 Å². The topological polar surface area (TPSA) is 165 Å². The van der Waals surface area contributed by atoms with Crippen LogP contribution >= 0.6 is 0 Å². The molecule has 12 nitrogen and oxygen atoms in total. The fourth-order valence-electron chi connectivity index (χ4n) is 9.61. The van der Waals surface area contributed by atoms with E-state index in [9.17, 15) is 25.5 Å². The fourth-order valence-corrected chi connectivity index (χ4v) is 9.61. The van der Waals surface area contributed by atoms with E-state index in [-0.39, 0.29) is 61.9 Å². The summed E-state index contributed by atoms with van der Waals surface area (Å²) in [6.07, 6.45) is 4.61. The molecule has 2 saturated carbocycles. The Morgan fingerprint density at radius 3 is 1.79 bits per heavy atom. The number of hydrogen-bond donors (Lipinski definition) is 5. The highest BCUT2D eigenvalue weighted by molar-refractivity contribution is 5.94. The molecular weight excluding hydrogens is 682 g/mol. The van der Waals surface area contributed by atoms with Gasteiger partial charge in [-0.3, -0.25) is 15.3 Å². The molecule has 0 saturated heterocycles. The maximum atomic E-state index is 13.1. The molecule has 53 heavy (non-hydrogen) atoms. The van der Waals surface area contributed by atoms with Crippen molar-refractivity contribution in [3.63, 3.8) is 0 Å². The number of hydrogen-bond acceptors (Lipinski definition) is 11. The van der Waals surface area contributed by atoms with Crippen LogP contribution in [0.5, 0.6) is 5.75 Å². The molecule has 1 aromatic rings. The minimum absolute atomic E-state index is 0.0514. The van der Waals surface area contributed by atoms with Crippen molar-refractivity contribution in [3.05, 3.63) is 29.8 Å². The zero-order valence-electron chi connectivity index (χ0n) is 33.6. The van der Waals surface area contributed by atoms with E-state index < -0.39 is 29.7 Å². The van der Waals surface area contributed by atoms with Crippen LogP contribution in [0.2, 0.25) is 0 Å². The standard InChI is InChI=1S/C41H71NO11/c1-9-14-33-27(5)18-20-35(40(33,52-46)25-48-11-3)29(7)38(44)50-23-22-42-37(43)31-16-13-17-32(24-31)51-39(45)30(8)36-21-19-28(6)34(15-10-2)41(36,53-47)26-49-12-4/h13,16-17,24,27-30,33-36,38-39,44-47H,9-12,14-15,18-23,25-26H2,1-8H3,(H,42,43)/t27-,28-,29-,30-,33?,34?,35?,36?,38?,39?,40-,41-/m1/s1. The van der Waals surface area contributed by atoms with Gasteiger partial charge in [0.1, 0.15) is 17.0 Å². The largest absolute Gasteiger partial charge is 0.465 e. The number of carbonyl (C=O) groups is 1. The van der Waals surface area contributed by atoms with E-state index >= 15 is 0 Å². The van der Waals surface area contributed by atoms with Gasteiger partial charge in [0.2, 0.25) is 0 Å². The number of benzene rings is 1. The van der Waals surface area contributed by atoms with Crippen molar-refractivity contribution >= 4 is 5.91 Å². The molecule has 0 heterocycles. The van der Waals surface area contributed by atoms with Gasteiger partial charge in [-0.15, -0.1) is 0 Å². The van der Waals surface area contributed by atoms with E-state index in [0.717, 1.165) is 51.4 Å². The Bertz CT molecular complexity index is 1210. The molecule has 12 heteroatoms. The zero-order valence-corrected chi connectivity index (χ0v) is 33.6. The number of aliphatic hydroxyl groups excluding tert-OH is 2. The summed E-state index contributed by atoms with van der Waals surface area (Å²) in [6, 6.07) is 6.61. The lowest BCUT2D eigenvalue weighted by Gasteiger charge is -2.52. The van der Waals surface area contributed by atoms with Crippen molar-refractivity contribution in [3.8, 4) is 5.75 Å². The zero-order chi connectivity index (χ0) is 39.2. The van der Waals surface area contributed by atoms with Crippen LogP contribution in [0.15, 0.2) is 24.3 Å². The van der Waals surface area contributed by atoms with E-state index in [4.69, 9.17) is 28.7 Å². The smallest absolute Gasteiger partial charge is 0.251 e. The van der Waals surface area contributed by atoms with Crippen LogP contribution in [0.4, 0.5) is 0 Å². The number of amides is 1. The minimum atomic E-state index is -1.23. The lowest BCUT2D eigenvalue weighted by atomic mass is 9.59. The molecule has 0 aliphatic heterocycles. The lowest BCUT2D eigenvalue weighted by molar-refractivity contribution is -0.382. The first kappa shape index (κ1) is 45.5. The van der Waals surface area contributed by atoms with E-state index in [1.165, 1.54) is 0 Å². The third-order valence-corrected chi connectivity index (χ3v) is 12.6. The summed E-state index contributed by atoms with van der Waals surface area (Å²) in [4.78, 5) is 23.8. The highest BCUT2D eigenvalue weighted by Crippen LogP contribution is 2.51. The maximum absolute atomic E-state index is 13.1. The molecule has 0 radical (unpaired) electrons. The molecule has 2 aliphatic rings. The van der Waals surface area contributed by atoms with Gasteiger partial charge in [0, 0.05) is 49.0 Å². The van der Waals surface area contributed by atoms with Crippen molar-refractivity contribution in [1.29, 1.82) is 0 Å². The van der Waals surface area contributed by atoms with Crippen LogP contribution in [-0.4, -0.2) is 90.0 Å². The third-order valence-electron chi connectivity index (χ3n) is 12.6. The van der Waals surface area contributed by atoms with Gasteiger partial charge in [-0.25, -0.2) is 9.78 Å². The number of rotatable bonds is 23. The monoisotopic (exact) mass is 754 g/mol. The predicted molar refractivity (Wildman–Crippen MR) is 202 cm³/mol. The number of carbonyl (C=O) groups excluding carboxylic acids is 1. The molecule has 5 N–H and O–H groups in total. The van der Waals surface area contributed by atoms with Gasteiger partial charge in [0.25, 0.3) is 5.91 Å². The number of nitrogens with one attached hydrogen (secondary N) is 1. The van der Waals surface area contributed by atoms with E-state index in [2.05, 4.69) is 33.0 Å². The Hall–Kier alpha value is -1.87.